The Morgan fingerprint density at radius 2 is 1.71 bits per heavy atom. The second kappa shape index (κ2) is 12.2. The molecule has 2 aromatic heterocycles. The van der Waals surface area contributed by atoms with Crippen LogP contribution >= 0.6 is 23.2 Å². The van der Waals surface area contributed by atoms with Gasteiger partial charge in [-0.2, -0.15) is 8.42 Å². The van der Waals surface area contributed by atoms with Crippen molar-refractivity contribution in [3.63, 3.8) is 0 Å². The Kier molecular flexibility index (Phi) is 8.64. The molecule has 216 valence electrons. The fourth-order valence-corrected chi connectivity index (χ4v) is 5.01. The average Bonchev–Trinajstić information content (AvgIpc) is 3.77. The maximum absolute atomic E-state index is 12.2. The molecule has 11 nitrogen and oxygen atoms in total. The molecule has 3 heterocycles. The van der Waals surface area contributed by atoms with Crippen molar-refractivity contribution < 1.29 is 31.7 Å². The lowest BCUT2D eigenvalue weighted by atomic mass is 10.1. The summed E-state index contributed by atoms with van der Waals surface area (Å²) < 4.78 is 39.0. The molecule has 1 aliphatic heterocycles. The minimum absolute atomic E-state index is 0.134. The minimum atomic E-state index is -3.68. The molecule has 41 heavy (non-hydrogen) atoms. The molecule has 0 N–H and O–H groups in total. The van der Waals surface area contributed by atoms with Crippen molar-refractivity contribution in [3.8, 4) is 22.9 Å². The predicted octanol–water partition coefficient (Wildman–Crippen LogP) is 4.91. The molecule has 0 unspecified atom stereocenters. The van der Waals surface area contributed by atoms with Crippen LogP contribution in [0, 0.1) is 5.92 Å². The highest BCUT2D eigenvalue weighted by Crippen LogP contribution is 2.31. The third kappa shape index (κ3) is 8.07. The maximum Gasteiger partial charge on any atom is 0.417 e. The summed E-state index contributed by atoms with van der Waals surface area (Å²) in [6, 6.07) is 11.7. The highest BCUT2D eigenvalue weighted by Gasteiger charge is 2.34. The fourth-order valence-electron chi connectivity index (χ4n) is 4.13. The van der Waals surface area contributed by atoms with E-state index in [0.717, 1.165) is 19.1 Å². The standard InChI is InChI=1S/C27H26Cl2N4O7S/c1-41(36,37)38-16-17-10-23(19-12-20(28)14-21(29)13-19)31-25(11-17)39-22-4-5-24(30-15-22)32-6-8-33(9-7-32)27(35)40-26(34)18-2-3-18/h4-5,10-15,18H,2-3,6-9,16H2,1H3. The highest BCUT2D eigenvalue weighted by molar-refractivity contribution is 7.85. The first kappa shape index (κ1) is 29.1. The number of ether oxygens (including phenoxy) is 2. The van der Waals surface area contributed by atoms with Crippen LogP contribution in [0.1, 0.15) is 18.4 Å². The first-order valence-corrected chi connectivity index (χ1v) is 15.3. The van der Waals surface area contributed by atoms with Crippen LogP contribution in [-0.2, 0) is 30.4 Å². The molecular weight excluding hydrogens is 595 g/mol. The van der Waals surface area contributed by atoms with Crippen LogP contribution in [0.25, 0.3) is 11.3 Å². The number of carbonyl (C=O) groups is 2. The summed E-state index contributed by atoms with van der Waals surface area (Å²) in [6.07, 6.45) is 3.47. The Labute approximate surface area is 247 Å². The van der Waals surface area contributed by atoms with E-state index in [2.05, 4.69) is 9.97 Å². The minimum Gasteiger partial charge on any atom is -0.437 e. The number of halogens is 2. The second-order valence-corrected chi connectivity index (χ2v) is 12.2. The number of amides is 1. The molecule has 0 atom stereocenters. The van der Waals surface area contributed by atoms with Crippen molar-refractivity contribution in [1.29, 1.82) is 0 Å². The van der Waals surface area contributed by atoms with Crippen LogP contribution in [0.3, 0.4) is 0 Å². The summed E-state index contributed by atoms with van der Waals surface area (Å²) in [5.74, 6) is 0.704. The lowest BCUT2D eigenvalue weighted by molar-refractivity contribution is -0.139. The van der Waals surface area contributed by atoms with Crippen LogP contribution in [-0.4, -0.2) is 67.8 Å². The van der Waals surface area contributed by atoms with E-state index in [9.17, 15) is 18.0 Å². The summed E-state index contributed by atoms with van der Waals surface area (Å²) in [6.45, 7) is 1.63. The molecule has 0 spiro atoms. The molecule has 1 amide bonds. The monoisotopic (exact) mass is 620 g/mol. The van der Waals surface area contributed by atoms with Crippen molar-refractivity contribution in [3.05, 3.63) is 64.3 Å². The van der Waals surface area contributed by atoms with Gasteiger partial charge in [0.25, 0.3) is 10.1 Å². The maximum atomic E-state index is 12.2. The SMILES string of the molecule is CS(=O)(=O)OCc1cc(Oc2ccc(N3CCN(C(=O)OC(=O)C4CC4)CC3)nc2)nc(-c2cc(Cl)cc(Cl)c2)c1. The van der Waals surface area contributed by atoms with Crippen LogP contribution in [0.2, 0.25) is 10.0 Å². The molecule has 1 saturated carbocycles. The lowest BCUT2D eigenvalue weighted by Gasteiger charge is -2.34. The van der Waals surface area contributed by atoms with Crippen LogP contribution in [0.4, 0.5) is 10.6 Å². The van der Waals surface area contributed by atoms with Crippen LogP contribution in [0.15, 0.2) is 48.7 Å². The highest BCUT2D eigenvalue weighted by atomic mass is 35.5. The van der Waals surface area contributed by atoms with E-state index in [0.29, 0.717) is 64.6 Å². The molecule has 5 rings (SSSR count). The molecule has 14 heteroatoms. The zero-order valence-electron chi connectivity index (χ0n) is 22.0. The molecule has 0 bridgehead atoms. The Bertz CT molecular complexity index is 1540. The van der Waals surface area contributed by atoms with Crippen LogP contribution < -0.4 is 9.64 Å². The first-order valence-electron chi connectivity index (χ1n) is 12.7. The average molecular weight is 621 g/mol. The summed E-state index contributed by atoms with van der Waals surface area (Å²) in [7, 11) is -3.68. The van der Waals surface area contributed by atoms with E-state index in [1.54, 1.807) is 48.7 Å². The zero-order chi connectivity index (χ0) is 29.1. The van der Waals surface area contributed by atoms with Gasteiger partial charge in [0.15, 0.2) is 0 Å². The number of esters is 1. The van der Waals surface area contributed by atoms with Crippen molar-refractivity contribution in [2.45, 2.75) is 19.4 Å². The molecular formula is C27H26Cl2N4O7S. The fraction of sp³-hybridized carbons (Fsp3) is 0.333. The van der Waals surface area contributed by atoms with E-state index in [1.807, 2.05) is 4.90 Å². The molecule has 1 aliphatic carbocycles. The van der Waals surface area contributed by atoms with E-state index in [1.165, 1.54) is 4.90 Å². The van der Waals surface area contributed by atoms with E-state index < -0.39 is 22.2 Å². The van der Waals surface area contributed by atoms with E-state index >= 15 is 0 Å². The van der Waals surface area contributed by atoms with E-state index in [-0.39, 0.29) is 18.4 Å². The topological polar surface area (TPSA) is 128 Å². The summed E-state index contributed by atoms with van der Waals surface area (Å²) in [4.78, 5) is 36.6. The van der Waals surface area contributed by atoms with Gasteiger partial charge in [0, 0.05) is 47.9 Å². The number of nitrogens with zero attached hydrogens (tertiary/aromatic N) is 4. The van der Waals surface area contributed by atoms with Gasteiger partial charge >= 0.3 is 12.1 Å². The summed E-state index contributed by atoms with van der Waals surface area (Å²) in [5, 5.41) is 0.831. The number of hydrogen-bond donors (Lipinski definition) is 0. The van der Waals surface area contributed by atoms with Gasteiger partial charge in [-0.05, 0) is 54.8 Å². The van der Waals surface area contributed by atoms with Gasteiger partial charge in [0.2, 0.25) is 5.88 Å². The third-order valence-electron chi connectivity index (χ3n) is 6.36. The molecule has 1 saturated heterocycles. The second-order valence-electron chi connectivity index (χ2n) is 9.71. The zero-order valence-corrected chi connectivity index (χ0v) is 24.3. The molecule has 0 radical (unpaired) electrons. The number of hydrogen-bond acceptors (Lipinski definition) is 10. The summed E-state index contributed by atoms with van der Waals surface area (Å²) in [5.41, 5.74) is 1.58. The van der Waals surface area contributed by atoms with Crippen LogP contribution in [0.5, 0.6) is 11.6 Å². The van der Waals surface area contributed by atoms with Gasteiger partial charge in [-0.25, -0.2) is 14.8 Å². The summed E-state index contributed by atoms with van der Waals surface area (Å²) >= 11 is 12.3. The number of carbonyl (C=O) groups excluding carboxylic acids is 2. The van der Waals surface area contributed by atoms with E-state index in [4.69, 9.17) is 36.9 Å². The van der Waals surface area contributed by atoms with Gasteiger partial charge < -0.3 is 19.3 Å². The van der Waals surface area contributed by atoms with Gasteiger partial charge in [-0.1, -0.05) is 23.2 Å². The Hall–Kier alpha value is -3.45. The number of pyridine rings is 2. The molecule has 2 aliphatic rings. The largest absolute Gasteiger partial charge is 0.437 e. The van der Waals surface area contributed by atoms with Crippen molar-refractivity contribution in [2.75, 3.05) is 37.3 Å². The number of benzene rings is 1. The lowest BCUT2D eigenvalue weighted by Crippen LogP contribution is -2.49. The number of rotatable bonds is 8. The predicted molar refractivity (Wildman–Crippen MR) is 152 cm³/mol. The van der Waals surface area contributed by atoms with Gasteiger partial charge in [0.05, 0.1) is 30.7 Å². The van der Waals surface area contributed by atoms with Gasteiger partial charge in [0.1, 0.15) is 11.6 Å². The normalized spacial score (nSPS) is 15.5. The Balaban J connectivity index is 1.26. The number of aromatic nitrogens is 2. The number of piperazine rings is 1. The molecule has 1 aromatic carbocycles. The smallest absolute Gasteiger partial charge is 0.417 e. The van der Waals surface area contributed by atoms with Crippen molar-refractivity contribution in [1.82, 2.24) is 14.9 Å². The molecule has 2 fully saturated rings. The number of anilines is 1. The van der Waals surface area contributed by atoms with Crippen molar-refractivity contribution in [2.24, 2.45) is 5.92 Å². The van der Waals surface area contributed by atoms with Gasteiger partial charge in [-0.3, -0.25) is 8.98 Å². The Morgan fingerprint density at radius 3 is 2.32 bits per heavy atom. The molecule has 3 aromatic rings. The third-order valence-corrected chi connectivity index (χ3v) is 7.35. The first-order chi connectivity index (χ1) is 19.5. The Morgan fingerprint density at radius 1 is 1.00 bits per heavy atom. The quantitative estimate of drug-likeness (QED) is 0.194. The van der Waals surface area contributed by atoms with Crippen molar-refractivity contribution >= 4 is 51.2 Å². The van der Waals surface area contributed by atoms with Gasteiger partial charge in [-0.15, -0.1) is 0 Å².